The maximum absolute atomic E-state index is 12.0. The van der Waals surface area contributed by atoms with E-state index in [0.717, 1.165) is 10.6 Å². The lowest BCUT2D eigenvalue weighted by Crippen LogP contribution is -2.45. The standard InChI is InChI=1S/C14H16N2O4S/c1-9(6-14(19)20)15-12(17)7-16-10-4-2-3-5-11(10)21-8-13(16)18/h2-5,9H,6-8H2,1H3,(H,15,17)(H,19,20). The molecule has 1 aromatic carbocycles. The number of para-hydroxylation sites is 1. The van der Waals surface area contributed by atoms with Gasteiger partial charge in [0.2, 0.25) is 11.8 Å². The van der Waals surface area contributed by atoms with Gasteiger partial charge in [-0.05, 0) is 19.1 Å². The molecule has 2 amide bonds. The molecule has 0 aliphatic carbocycles. The lowest BCUT2D eigenvalue weighted by molar-refractivity contribution is -0.137. The summed E-state index contributed by atoms with van der Waals surface area (Å²) in [6.07, 6.45) is -0.147. The molecule has 2 rings (SSSR count). The number of rotatable bonds is 5. The predicted molar refractivity (Wildman–Crippen MR) is 79.4 cm³/mol. The van der Waals surface area contributed by atoms with Gasteiger partial charge in [0.25, 0.3) is 0 Å². The summed E-state index contributed by atoms with van der Waals surface area (Å²) in [4.78, 5) is 36.9. The Morgan fingerprint density at radius 3 is 2.86 bits per heavy atom. The minimum Gasteiger partial charge on any atom is -0.481 e. The van der Waals surface area contributed by atoms with Gasteiger partial charge in [0.05, 0.1) is 17.9 Å². The molecule has 7 heteroatoms. The van der Waals surface area contributed by atoms with Crippen molar-refractivity contribution in [2.24, 2.45) is 0 Å². The molecule has 1 aliphatic rings. The minimum absolute atomic E-state index is 0.0969. The fourth-order valence-corrected chi connectivity index (χ4v) is 3.04. The van der Waals surface area contributed by atoms with E-state index < -0.39 is 12.0 Å². The van der Waals surface area contributed by atoms with Crippen LogP contribution in [0, 0.1) is 0 Å². The zero-order chi connectivity index (χ0) is 15.4. The predicted octanol–water partition coefficient (Wildman–Crippen LogP) is 1.10. The van der Waals surface area contributed by atoms with Crippen LogP contribution in [0.1, 0.15) is 13.3 Å². The number of aliphatic carboxylic acids is 1. The summed E-state index contributed by atoms with van der Waals surface area (Å²) < 4.78 is 0. The van der Waals surface area contributed by atoms with Crippen LogP contribution in [0.5, 0.6) is 0 Å². The highest BCUT2D eigenvalue weighted by molar-refractivity contribution is 8.00. The highest BCUT2D eigenvalue weighted by Gasteiger charge is 2.26. The van der Waals surface area contributed by atoms with Crippen molar-refractivity contribution in [3.05, 3.63) is 24.3 Å². The first kappa shape index (κ1) is 15.4. The summed E-state index contributed by atoms with van der Waals surface area (Å²) in [5, 5.41) is 11.3. The Morgan fingerprint density at radius 2 is 2.14 bits per heavy atom. The zero-order valence-corrected chi connectivity index (χ0v) is 12.4. The zero-order valence-electron chi connectivity index (χ0n) is 11.5. The average molecular weight is 308 g/mol. The quantitative estimate of drug-likeness (QED) is 0.851. The van der Waals surface area contributed by atoms with Crippen molar-refractivity contribution in [3.8, 4) is 0 Å². The lowest BCUT2D eigenvalue weighted by atomic mass is 10.2. The number of carbonyl (C=O) groups is 3. The molecule has 6 nitrogen and oxygen atoms in total. The summed E-state index contributed by atoms with van der Waals surface area (Å²) in [7, 11) is 0. The summed E-state index contributed by atoms with van der Waals surface area (Å²) in [6, 6.07) is 6.93. The molecule has 1 aliphatic heterocycles. The van der Waals surface area contributed by atoms with Crippen molar-refractivity contribution >= 4 is 35.2 Å². The number of nitrogens with zero attached hydrogens (tertiary/aromatic N) is 1. The van der Waals surface area contributed by atoms with Crippen molar-refractivity contribution in [3.63, 3.8) is 0 Å². The fourth-order valence-electron chi connectivity index (χ4n) is 2.10. The number of carbonyl (C=O) groups excluding carboxylic acids is 2. The number of carboxylic acids is 1. The monoisotopic (exact) mass is 308 g/mol. The van der Waals surface area contributed by atoms with Gasteiger partial charge >= 0.3 is 5.97 Å². The third-order valence-corrected chi connectivity index (χ3v) is 4.05. The molecule has 0 radical (unpaired) electrons. The molecule has 0 aromatic heterocycles. The Bertz CT molecular complexity index is 576. The third kappa shape index (κ3) is 3.98. The van der Waals surface area contributed by atoms with E-state index in [4.69, 9.17) is 5.11 Å². The molecule has 112 valence electrons. The molecule has 1 unspecified atom stereocenters. The van der Waals surface area contributed by atoms with Crippen LogP contribution < -0.4 is 10.2 Å². The third-order valence-electron chi connectivity index (χ3n) is 3.00. The molecule has 1 atom stereocenters. The van der Waals surface area contributed by atoms with Gasteiger partial charge in [-0.15, -0.1) is 11.8 Å². The average Bonchev–Trinajstić information content (AvgIpc) is 2.41. The SMILES string of the molecule is CC(CC(=O)O)NC(=O)CN1C(=O)CSc2ccccc21. The first-order chi connectivity index (χ1) is 9.97. The van der Waals surface area contributed by atoms with Crippen LogP contribution >= 0.6 is 11.8 Å². The number of benzene rings is 1. The van der Waals surface area contributed by atoms with Crippen molar-refractivity contribution < 1.29 is 19.5 Å². The van der Waals surface area contributed by atoms with Gasteiger partial charge in [-0.1, -0.05) is 12.1 Å². The molecule has 0 saturated heterocycles. The van der Waals surface area contributed by atoms with Gasteiger partial charge in [0, 0.05) is 10.9 Å². The van der Waals surface area contributed by atoms with Gasteiger partial charge < -0.3 is 15.3 Å². The Morgan fingerprint density at radius 1 is 1.43 bits per heavy atom. The maximum Gasteiger partial charge on any atom is 0.305 e. The number of anilines is 1. The fraction of sp³-hybridized carbons (Fsp3) is 0.357. The van der Waals surface area contributed by atoms with Crippen molar-refractivity contribution in [1.29, 1.82) is 0 Å². The summed E-state index contributed by atoms with van der Waals surface area (Å²) >= 11 is 1.45. The first-order valence-electron chi connectivity index (χ1n) is 6.50. The first-order valence-corrected chi connectivity index (χ1v) is 7.49. The Labute approximate surface area is 126 Å². The van der Waals surface area contributed by atoms with Crippen molar-refractivity contribution in [1.82, 2.24) is 5.32 Å². The number of thioether (sulfide) groups is 1. The Balaban J connectivity index is 2.03. The van der Waals surface area contributed by atoms with Crippen LogP contribution in [0.25, 0.3) is 0 Å². The summed E-state index contributed by atoms with van der Waals surface area (Å²) in [5.74, 6) is -1.16. The van der Waals surface area contributed by atoms with Crippen LogP contribution in [0.2, 0.25) is 0 Å². The second-order valence-corrected chi connectivity index (χ2v) is 5.82. The van der Waals surface area contributed by atoms with Crippen LogP contribution in [0.3, 0.4) is 0 Å². The van der Waals surface area contributed by atoms with E-state index >= 15 is 0 Å². The van der Waals surface area contributed by atoms with E-state index in [2.05, 4.69) is 5.32 Å². The van der Waals surface area contributed by atoms with Crippen LogP contribution in [0.4, 0.5) is 5.69 Å². The molecule has 0 spiro atoms. The molecule has 0 fully saturated rings. The molecule has 1 heterocycles. The van der Waals surface area contributed by atoms with Gasteiger partial charge in [0.1, 0.15) is 6.54 Å². The van der Waals surface area contributed by atoms with Crippen LogP contribution in [-0.4, -0.2) is 41.2 Å². The van der Waals surface area contributed by atoms with E-state index in [-0.39, 0.29) is 24.8 Å². The molecular weight excluding hydrogens is 292 g/mol. The largest absolute Gasteiger partial charge is 0.481 e. The minimum atomic E-state index is -0.974. The van der Waals surface area contributed by atoms with Gasteiger partial charge in [-0.25, -0.2) is 0 Å². The molecule has 0 bridgehead atoms. The topological polar surface area (TPSA) is 86.7 Å². The lowest BCUT2D eigenvalue weighted by Gasteiger charge is -2.28. The molecular formula is C14H16N2O4S. The van der Waals surface area contributed by atoms with Gasteiger partial charge in [-0.2, -0.15) is 0 Å². The Kier molecular flexibility index (Phi) is 4.85. The second kappa shape index (κ2) is 6.62. The number of nitrogens with one attached hydrogen (secondary N) is 1. The van der Waals surface area contributed by atoms with E-state index in [1.54, 1.807) is 13.0 Å². The molecule has 0 saturated carbocycles. The molecule has 1 aromatic rings. The van der Waals surface area contributed by atoms with Crippen molar-refractivity contribution in [2.45, 2.75) is 24.3 Å². The number of hydrogen-bond donors (Lipinski definition) is 2. The Hall–Kier alpha value is -2.02. The highest BCUT2D eigenvalue weighted by atomic mass is 32.2. The van der Waals surface area contributed by atoms with Gasteiger partial charge in [0.15, 0.2) is 0 Å². The van der Waals surface area contributed by atoms with E-state index in [9.17, 15) is 14.4 Å². The highest BCUT2D eigenvalue weighted by Crippen LogP contribution is 2.34. The second-order valence-electron chi connectivity index (χ2n) is 4.80. The normalized spacial score (nSPS) is 15.3. The maximum atomic E-state index is 12.0. The number of fused-ring (bicyclic) bond motifs is 1. The van der Waals surface area contributed by atoms with Gasteiger partial charge in [-0.3, -0.25) is 14.4 Å². The van der Waals surface area contributed by atoms with Crippen molar-refractivity contribution in [2.75, 3.05) is 17.2 Å². The van der Waals surface area contributed by atoms with E-state index in [0.29, 0.717) is 5.75 Å². The molecule has 21 heavy (non-hydrogen) atoms. The van der Waals surface area contributed by atoms with Crippen LogP contribution in [-0.2, 0) is 14.4 Å². The number of amides is 2. The summed E-state index contributed by atoms with van der Waals surface area (Å²) in [5.41, 5.74) is 0.722. The summed E-state index contributed by atoms with van der Waals surface area (Å²) in [6.45, 7) is 1.52. The number of carboxylic acid groups (broad SMARTS) is 1. The van der Waals surface area contributed by atoms with Crippen LogP contribution in [0.15, 0.2) is 29.2 Å². The number of hydrogen-bond acceptors (Lipinski definition) is 4. The van der Waals surface area contributed by atoms with E-state index in [1.165, 1.54) is 16.7 Å². The van der Waals surface area contributed by atoms with E-state index in [1.807, 2.05) is 18.2 Å². The molecule has 2 N–H and O–H groups in total. The smallest absolute Gasteiger partial charge is 0.305 e.